The van der Waals surface area contributed by atoms with Gasteiger partial charge in [0.2, 0.25) is 0 Å². The zero-order valence-corrected chi connectivity index (χ0v) is 9.85. The summed E-state index contributed by atoms with van der Waals surface area (Å²) in [4.78, 5) is 0. The monoisotopic (exact) mass is 253 g/mol. The third-order valence-corrected chi connectivity index (χ3v) is 2.31. The van der Waals surface area contributed by atoms with Crippen molar-refractivity contribution in [2.75, 3.05) is 26.4 Å². The number of rotatable bonds is 6. The molecule has 1 unspecified atom stereocenters. The molecule has 0 aliphatic carbocycles. The number of alkyl halides is 3. The number of nitrogens with one attached hydrogen (secondary N) is 1. The summed E-state index contributed by atoms with van der Waals surface area (Å²) in [5, 5.41) is 3.05. The normalized spacial score (nSPS) is 18.5. The molecular formula is C11H18F3NO2. The predicted octanol–water partition coefficient (Wildman–Crippen LogP) is 2.24. The molecule has 0 spiro atoms. The van der Waals surface area contributed by atoms with Crippen LogP contribution in [0, 0.1) is 0 Å². The van der Waals surface area contributed by atoms with Crippen LogP contribution in [-0.4, -0.2) is 38.6 Å². The molecule has 0 saturated carbocycles. The van der Waals surface area contributed by atoms with Crippen LogP contribution < -0.4 is 5.32 Å². The highest BCUT2D eigenvalue weighted by atomic mass is 19.4. The van der Waals surface area contributed by atoms with Gasteiger partial charge >= 0.3 is 6.18 Å². The van der Waals surface area contributed by atoms with Crippen molar-refractivity contribution in [3.8, 4) is 0 Å². The van der Waals surface area contributed by atoms with Gasteiger partial charge in [0.15, 0.2) is 0 Å². The average molecular weight is 253 g/mol. The Morgan fingerprint density at radius 3 is 2.82 bits per heavy atom. The Labute approximate surface area is 99.0 Å². The van der Waals surface area contributed by atoms with Gasteiger partial charge in [0.1, 0.15) is 12.4 Å². The van der Waals surface area contributed by atoms with Gasteiger partial charge in [-0.1, -0.05) is 6.92 Å². The standard InChI is InChI=1S/C11H18F3NO2/c1-2-15-9(7-16-8-11(12,13)14)10-5-3-4-6-17-10/h5,9,15H,2-4,6-8H2,1H3. The first-order chi connectivity index (χ1) is 8.03. The summed E-state index contributed by atoms with van der Waals surface area (Å²) in [6.07, 6.45) is -0.519. The lowest BCUT2D eigenvalue weighted by Crippen LogP contribution is -2.37. The highest BCUT2D eigenvalue weighted by Crippen LogP contribution is 2.17. The molecule has 1 aliphatic rings. The molecule has 0 saturated heterocycles. The van der Waals surface area contributed by atoms with Crippen LogP contribution in [0.3, 0.4) is 0 Å². The Hall–Kier alpha value is -0.750. The molecule has 0 aromatic heterocycles. The number of ether oxygens (including phenoxy) is 2. The Morgan fingerprint density at radius 2 is 2.29 bits per heavy atom. The number of allylic oxidation sites excluding steroid dienone is 1. The Kier molecular flexibility index (Phi) is 5.77. The van der Waals surface area contributed by atoms with Crippen LogP contribution in [0.5, 0.6) is 0 Å². The van der Waals surface area contributed by atoms with Crippen molar-refractivity contribution < 1.29 is 22.6 Å². The van der Waals surface area contributed by atoms with E-state index < -0.39 is 12.8 Å². The molecule has 100 valence electrons. The van der Waals surface area contributed by atoms with E-state index in [4.69, 9.17) is 4.74 Å². The maximum atomic E-state index is 11.9. The second kappa shape index (κ2) is 6.86. The van der Waals surface area contributed by atoms with E-state index in [-0.39, 0.29) is 12.6 Å². The maximum absolute atomic E-state index is 11.9. The van der Waals surface area contributed by atoms with Gasteiger partial charge in [-0.2, -0.15) is 13.2 Å². The van der Waals surface area contributed by atoms with Crippen LogP contribution >= 0.6 is 0 Å². The van der Waals surface area contributed by atoms with Crippen molar-refractivity contribution >= 4 is 0 Å². The van der Waals surface area contributed by atoms with Gasteiger partial charge < -0.3 is 14.8 Å². The molecule has 0 aromatic carbocycles. The highest BCUT2D eigenvalue weighted by molar-refractivity contribution is 5.05. The largest absolute Gasteiger partial charge is 0.497 e. The summed E-state index contributed by atoms with van der Waals surface area (Å²) >= 11 is 0. The Morgan fingerprint density at radius 1 is 1.53 bits per heavy atom. The molecule has 0 aromatic rings. The van der Waals surface area contributed by atoms with Crippen molar-refractivity contribution in [1.29, 1.82) is 0 Å². The van der Waals surface area contributed by atoms with Gasteiger partial charge in [-0.3, -0.25) is 0 Å². The fraction of sp³-hybridized carbons (Fsp3) is 0.818. The molecule has 1 N–H and O–H groups in total. The molecule has 17 heavy (non-hydrogen) atoms. The quantitative estimate of drug-likeness (QED) is 0.787. The molecule has 1 heterocycles. The molecule has 0 bridgehead atoms. The minimum atomic E-state index is -4.28. The second-order valence-corrected chi connectivity index (χ2v) is 3.84. The fourth-order valence-corrected chi connectivity index (χ4v) is 1.60. The molecule has 1 aliphatic heterocycles. The number of likely N-dealkylation sites (N-methyl/N-ethyl adjacent to an activating group) is 1. The van der Waals surface area contributed by atoms with Gasteiger partial charge in [0, 0.05) is 0 Å². The van der Waals surface area contributed by atoms with Crippen molar-refractivity contribution in [3.05, 3.63) is 11.8 Å². The van der Waals surface area contributed by atoms with Crippen LogP contribution in [0.4, 0.5) is 13.2 Å². The van der Waals surface area contributed by atoms with E-state index >= 15 is 0 Å². The van der Waals surface area contributed by atoms with Crippen molar-refractivity contribution in [3.63, 3.8) is 0 Å². The van der Waals surface area contributed by atoms with Crippen molar-refractivity contribution in [1.82, 2.24) is 5.32 Å². The second-order valence-electron chi connectivity index (χ2n) is 3.84. The van der Waals surface area contributed by atoms with Gasteiger partial charge in [-0.05, 0) is 25.5 Å². The molecule has 3 nitrogen and oxygen atoms in total. The third-order valence-electron chi connectivity index (χ3n) is 2.31. The molecule has 1 atom stereocenters. The van der Waals surface area contributed by atoms with Crippen molar-refractivity contribution in [2.45, 2.75) is 32.0 Å². The Balaban J connectivity index is 2.40. The van der Waals surface area contributed by atoms with Gasteiger partial charge in [-0.25, -0.2) is 0 Å². The van der Waals surface area contributed by atoms with E-state index in [9.17, 15) is 13.2 Å². The summed E-state index contributed by atoms with van der Waals surface area (Å²) in [7, 11) is 0. The first-order valence-corrected chi connectivity index (χ1v) is 5.73. The van der Waals surface area contributed by atoms with Crippen LogP contribution in [0.25, 0.3) is 0 Å². The van der Waals surface area contributed by atoms with E-state index in [1.807, 2.05) is 13.0 Å². The summed E-state index contributed by atoms with van der Waals surface area (Å²) in [6, 6.07) is -0.289. The Bertz CT molecular complexity index is 254. The lowest BCUT2D eigenvalue weighted by atomic mass is 10.1. The minimum Gasteiger partial charge on any atom is -0.497 e. The summed E-state index contributed by atoms with van der Waals surface area (Å²) in [5.41, 5.74) is 0. The molecule has 0 amide bonds. The smallest absolute Gasteiger partial charge is 0.411 e. The van der Waals surface area contributed by atoms with Crippen molar-refractivity contribution in [2.24, 2.45) is 0 Å². The van der Waals surface area contributed by atoms with Gasteiger partial charge in [0.05, 0.1) is 19.3 Å². The summed E-state index contributed by atoms with van der Waals surface area (Å²) in [6.45, 7) is 1.91. The molecule has 0 fully saturated rings. The van der Waals surface area contributed by atoms with E-state index in [1.54, 1.807) is 0 Å². The minimum absolute atomic E-state index is 0.0286. The molecule has 1 rings (SSSR count). The maximum Gasteiger partial charge on any atom is 0.411 e. The average Bonchev–Trinajstić information content (AvgIpc) is 2.27. The predicted molar refractivity (Wildman–Crippen MR) is 57.6 cm³/mol. The van der Waals surface area contributed by atoms with Crippen LogP contribution in [-0.2, 0) is 9.47 Å². The fourth-order valence-electron chi connectivity index (χ4n) is 1.60. The molecule has 0 radical (unpaired) electrons. The molecular weight excluding hydrogens is 235 g/mol. The highest BCUT2D eigenvalue weighted by Gasteiger charge is 2.28. The van der Waals surface area contributed by atoms with E-state index in [2.05, 4.69) is 10.1 Å². The van der Waals surface area contributed by atoms with Crippen LogP contribution in [0.15, 0.2) is 11.8 Å². The molecule has 6 heteroatoms. The number of halogens is 3. The summed E-state index contributed by atoms with van der Waals surface area (Å²) in [5.74, 6) is 0.695. The topological polar surface area (TPSA) is 30.5 Å². The zero-order valence-electron chi connectivity index (χ0n) is 9.85. The third kappa shape index (κ3) is 5.93. The lowest BCUT2D eigenvalue weighted by molar-refractivity contribution is -0.175. The number of hydrogen-bond donors (Lipinski definition) is 1. The van der Waals surface area contributed by atoms with Crippen LogP contribution in [0.2, 0.25) is 0 Å². The summed E-state index contributed by atoms with van der Waals surface area (Å²) < 4.78 is 45.9. The number of hydrogen-bond acceptors (Lipinski definition) is 3. The van der Waals surface area contributed by atoms with E-state index in [0.717, 1.165) is 12.8 Å². The van der Waals surface area contributed by atoms with Gasteiger partial charge in [-0.15, -0.1) is 0 Å². The lowest BCUT2D eigenvalue weighted by Gasteiger charge is -2.24. The first kappa shape index (κ1) is 14.3. The van der Waals surface area contributed by atoms with Crippen LogP contribution in [0.1, 0.15) is 19.8 Å². The van der Waals surface area contributed by atoms with Gasteiger partial charge in [0.25, 0.3) is 0 Å². The van der Waals surface area contributed by atoms with E-state index in [0.29, 0.717) is 18.9 Å². The van der Waals surface area contributed by atoms with E-state index in [1.165, 1.54) is 0 Å². The first-order valence-electron chi connectivity index (χ1n) is 5.73. The SMILES string of the molecule is CCNC(COCC(F)(F)F)C1=CCCCO1. The zero-order chi connectivity index (χ0) is 12.7.